The molecule has 100 valence electrons. The Hall–Kier alpha value is -2.82. The van der Waals surface area contributed by atoms with Crippen molar-refractivity contribution in [1.29, 1.82) is 0 Å². The van der Waals surface area contributed by atoms with Gasteiger partial charge in [0.2, 0.25) is 5.88 Å². The molecule has 0 atom stereocenters. The van der Waals surface area contributed by atoms with E-state index in [9.17, 15) is 0 Å². The Morgan fingerprint density at radius 3 is 2.50 bits per heavy atom. The summed E-state index contributed by atoms with van der Waals surface area (Å²) in [6.07, 6.45) is 1.33. The highest BCUT2D eigenvalue weighted by molar-refractivity contribution is 5.91. The van der Waals surface area contributed by atoms with Crippen molar-refractivity contribution in [3.8, 4) is 11.6 Å². The number of aryl methyl sites for hydroxylation is 1. The van der Waals surface area contributed by atoms with Gasteiger partial charge in [-0.1, -0.05) is 30.3 Å². The zero-order chi connectivity index (χ0) is 14.1. The van der Waals surface area contributed by atoms with Crippen LogP contribution in [0.25, 0.3) is 10.8 Å². The third-order valence-corrected chi connectivity index (χ3v) is 3.19. The number of hydrogen-bond donors (Lipinski definition) is 2. The first-order valence-corrected chi connectivity index (χ1v) is 6.19. The topological polar surface area (TPSA) is 87.0 Å². The van der Waals surface area contributed by atoms with Crippen molar-refractivity contribution < 1.29 is 4.74 Å². The second-order valence-corrected chi connectivity index (χ2v) is 4.51. The molecule has 0 bridgehead atoms. The van der Waals surface area contributed by atoms with Crippen molar-refractivity contribution in [2.24, 2.45) is 0 Å². The number of aromatic nitrogens is 2. The van der Waals surface area contributed by atoms with Crippen molar-refractivity contribution in [3.63, 3.8) is 0 Å². The van der Waals surface area contributed by atoms with Crippen molar-refractivity contribution >= 4 is 22.3 Å². The Kier molecular flexibility index (Phi) is 2.87. The maximum Gasteiger partial charge on any atom is 0.248 e. The van der Waals surface area contributed by atoms with Crippen LogP contribution in [0.3, 0.4) is 0 Å². The van der Waals surface area contributed by atoms with E-state index in [2.05, 4.69) is 23.0 Å². The molecule has 1 aromatic heterocycles. The third-order valence-electron chi connectivity index (χ3n) is 3.19. The van der Waals surface area contributed by atoms with Crippen LogP contribution < -0.4 is 16.2 Å². The summed E-state index contributed by atoms with van der Waals surface area (Å²) in [5.41, 5.74) is 12.9. The summed E-state index contributed by atoms with van der Waals surface area (Å²) in [5.74, 6) is 1.17. The Morgan fingerprint density at radius 2 is 1.70 bits per heavy atom. The van der Waals surface area contributed by atoms with Crippen LogP contribution in [0.15, 0.2) is 42.7 Å². The van der Waals surface area contributed by atoms with Crippen LogP contribution in [0.1, 0.15) is 5.56 Å². The monoisotopic (exact) mass is 266 g/mol. The summed E-state index contributed by atoms with van der Waals surface area (Å²) in [6.45, 7) is 2.06. The van der Waals surface area contributed by atoms with Crippen LogP contribution in [0.4, 0.5) is 11.5 Å². The van der Waals surface area contributed by atoms with E-state index in [1.807, 2.05) is 30.3 Å². The summed E-state index contributed by atoms with van der Waals surface area (Å²) in [7, 11) is 0. The summed E-state index contributed by atoms with van der Waals surface area (Å²) in [4.78, 5) is 7.84. The lowest BCUT2D eigenvalue weighted by Crippen LogP contribution is -2.02. The van der Waals surface area contributed by atoms with Crippen LogP contribution >= 0.6 is 0 Å². The van der Waals surface area contributed by atoms with Crippen molar-refractivity contribution in [1.82, 2.24) is 9.97 Å². The smallest absolute Gasteiger partial charge is 0.248 e. The van der Waals surface area contributed by atoms with E-state index in [1.54, 1.807) is 0 Å². The molecule has 2 aromatic carbocycles. The van der Waals surface area contributed by atoms with Gasteiger partial charge in [0.25, 0.3) is 0 Å². The molecule has 0 unspecified atom stereocenters. The lowest BCUT2D eigenvalue weighted by Gasteiger charge is -2.11. The fourth-order valence-electron chi connectivity index (χ4n) is 2.09. The van der Waals surface area contributed by atoms with Gasteiger partial charge in [0.15, 0.2) is 5.82 Å². The summed E-state index contributed by atoms with van der Waals surface area (Å²) >= 11 is 0. The largest absolute Gasteiger partial charge is 0.436 e. The van der Waals surface area contributed by atoms with E-state index in [-0.39, 0.29) is 17.4 Å². The molecule has 0 saturated carbocycles. The molecule has 0 aliphatic heterocycles. The molecular formula is C15H14N4O. The number of benzene rings is 2. The van der Waals surface area contributed by atoms with E-state index in [0.717, 1.165) is 10.8 Å². The van der Waals surface area contributed by atoms with Gasteiger partial charge in [0.05, 0.1) is 0 Å². The number of fused-ring (bicyclic) bond motifs is 1. The molecule has 0 aliphatic rings. The Labute approximate surface area is 116 Å². The first kappa shape index (κ1) is 12.2. The van der Waals surface area contributed by atoms with Crippen LogP contribution in [0.2, 0.25) is 0 Å². The minimum absolute atomic E-state index is 0.214. The molecule has 0 aliphatic carbocycles. The predicted octanol–water partition coefficient (Wildman–Crippen LogP) is 2.89. The van der Waals surface area contributed by atoms with Gasteiger partial charge in [-0.2, -0.15) is 4.98 Å². The molecule has 4 N–H and O–H groups in total. The van der Waals surface area contributed by atoms with E-state index < -0.39 is 0 Å². The van der Waals surface area contributed by atoms with Crippen molar-refractivity contribution in [3.05, 3.63) is 48.3 Å². The lowest BCUT2D eigenvalue weighted by molar-refractivity contribution is 0.470. The molecule has 5 nitrogen and oxygen atoms in total. The average Bonchev–Trinajstić information content (AvgIpc) is 2.47. The second-order valence-electron chi connectivity index (χ2n) is 4.51. The van der Waals surface area contributed by atoms with Gasteiger partial charge in [-0.05, 0) is 23.9 Å². The molecule has 5 heteroatoms. The lowest BCUT2D eigenvalue weighted by atomic mass is 10.1. The molecule has 20 heavy (non-hydrogen) atoms. The molecule has 0 radical (unpaired) electrons. The van der Waals surface area contributed by atoms with Crippen LogP contribution in [0.5, 0.6) is 11.6 Å². The fourth-order valence-corrected chi connectivity index (χ4v) is 2.09. The normalized spacial score (nSPS) is 10.7. The maximum atomic E-state index is 5.83. The Bertz CT molecular complexity index is 786. The van der Waals surface area contributed by atoms with Gasteiger partial charge in [-0.25, -0.2) is 4.98 Å². The summed E-state index contributed by atoms with van der Waals surface area (Å²) in [5, 5.41) is 2.13. The second kappa shape index (κ2) is 4.70. The first-order chi connectivity index (χ1) is 9.66. The summed E-state index contributed by atoms with van der Waals surface area (Å²) in [6, 6.07) is 11.9. The van der Waals surface area contributed by atoms with Crippen LogP contribution in [-0.2, 0) is 0 Å². The Balaban J connectivity index is 2.12. The number of nitrogen functional groups attached to an aromatic ring is 2. The van der Waals surface area contributed by atoms with E-state index in [4.69, 9.17) is 16.2 Å². The maximum absolute atomic E-state index is 5.83. The molecule has 1 heterocycles. The quantitative estimate of drug-likeness (QED) is 0.744. The minimum atomic E-state index is 0.214. The van der Waals surface area contributed by atoms with E-state index in [1.165, 1.54) is 11.9 Å². The molecule has 3 rings (SSSR count). The van der Waals surface area contributed by atoms with E-state index in [0.29, 0.717) is 5.75 Å². The number of ether oxygens (including phenoxy) is 1. The molecule has 0 amide bonds. The average molecular weight is 266 g/mol. The molecule has 0 spiro atoms. The van der Waals surface area contributed by atoms with Gasteiger partial charge >= 0.3 is 0 Å². The molecule has 0 saturated heterocycles. The first-order valence-electron chi connectivity index (χ1n) is 6.19. The predicted molar refractivity (Wildman–Crippen MR) is 79.6 cm³/mol. The molecule has 3 aromatic rings. The van der Waals surface area contributed by atoms with Gasteiger partial charge in [-0.15, -0.1) is 0 Å². The number of rotatable bonds is 2. The van der Waals surface area contributed by atoms with Gasteiger partial charge in [0, 0.05) is 5.39 Å². The fraction of sp³-hybridized carbons (Fsp3) is 0.0667. The van der Waals surface area contributed by atoms with E-state index >= 15 is 0 Å². The third kappa shape index (κ3) is 1.99. The van der Waals surface area contributed by atoms with Gasteiger partial charge in [-0.3, -0.25) is 0 Å². The van der Waals surface area contributed by atoms with Gasteiger partial charge < -0.3 is 16.2 Å². The molecular weight excluding hydrogens is 252 g/mol. The SMILES string of the molecule is Cc1ccc(Oc2ncnc(N)c2N)c2ccccc12. The minimum Gasteiger partial charge on any atom is -0.436 e. The summed E-state index contributed by atoms with van der Waals surface area (Å²) < 4.78 is 5.80. The highest BCUT2D eigenvalue weighted by Crippen LogP contribution is 2.33. The van der Waals surface area contributed by atoms with Gasteiger partial charge in [0.1, 0.15) is 17.8 Å². The number of anilines is 2. The number of nitrogens with two attached hydrogens (primary N) is 2. The van der Waals surface area contributed by atoms with Crippen molar-refractivity contribution in [2.75, 3.05) is 11.5 Å². The van der Waals surface area contributed by atoms with Crippen molar-refractivity contribution in [2.45, 2.75) is 6.92 Å². The zero-order valence-corrected chi connectivity index (χ0v) is 11.0. The number of hydrogen-bond acceptors (Lipinski definition) is 5. The Morgan fingerprint density at radius 1 is 0.950 bits per heavy atom. The van der Waals surface area contributed by atoms with Crippen LogP contribution in [0, 0.1) is 6.92 Å². The molecule has 0 fully saturated rings. The highest BCUT2D eigenvalue weighted by atomic mass is 16.5. The number of nitrogens with zero attached hydrogens (tertiary/aromatic N) is 2. The highest BCUT2D eigenvalue weighted by Gasteiger charge is 2.10. The standard InChI is InChI=1S/C15H14N4O/c1-9-6-7-12(11-5-3-2-4-10(9)11)20-15-13(16)14(17)18-8-19-15/h2-8H,16H2,1H3,(H2,17,18,19). The van der Waals surface area contributed by atoms with Crippen LogP contribution in [-0.4, -0.2) is 9.97 Å². The zero-order valence-electron chi connectivity index (χ0n) is 11.0.